The molecule has 0 fully saturated rings. The van der Waals surface area contributed by atoms with Crippen LogP contribution in [-0.2, 0) is 6.42 Å². The summed E-state index contributed by atoms with van der Waals surface area (Å²) in [6, 6.07) is 10.3. The Bertz CT molecular complexity index is 474. The second-order valence-electron chi connectivity index (χ2n) is 3.58. The van der Waals surface area contributed by atoms with E-state index in [1.54, 1.807) is 0 Å². The second-order valence-corrected chi connectivity index (χ2v) is 5.44. The molecule has 78 valence electrons. The number of rotatable bonds is 2. The maximum Gasteiger partial charge on any atom is 0.0449 e. The molecule has 3 heteroatoms. The number of aryl methyl sites for hydroxylation is 1. The van der Waals surface area contributed by atoms with E-state index in [1.807, 2.05) is 23.5 Å². The van der Waals surface area contributed by atoms with Crippen molar-refractivity contribution in [3.05, 3.63) is 45.6 Å². The van der Waals surface area contributed by atoms with Crippen molar-refractivity contribution >= 4 is 29.7 Å². The smallest absolute Gasteiger partial charge is 0.0449 e. The molecule has 0 aliphatic heterocycles. The fourth-order valence-electron chi connectivity index (χ4n) is 1.48. The number of thiol groups is 1. The summed E-state index contributed by atoms with van der Waals surface area (Å²) in [6.45, 7) is 2.13. The van der Waals surface area contributed by atoms with Gasteiger partial charge in [0.15, 0.2) is 0 Å². The molecule has 1 aromatic carbocycles. The van der Waals surface area contributed by atoms with Gasteiger partial charge in [-0.2, -0.15) is 0 Å². The second kappa shape index (κ2) is 4.29. The molecule has 0 unspecified atom stereocenters. The summed E-state index contributed by atoms with van der Waals surface area (Å²) < 4.78 is 0. The molecule has 0 aliphatic carbocycles. The third kappa shape index (κ3) is 2.55. The van der Waals surface area contributed by atoms with Gasteiger partial charge in [-0.25, -0.2) is 0 Å². The molecular weight excluding hydrogens is 222 g/mol. The van der Waals surface area contributed by atoms with Crippen LogP contribution < -0.4 is 5.73 Å². The number of nitrogen functional groups attached to an aromatic ring is 1. The standard InChI is InChI=1S/C12H13NS2/c1-8-2-4-10(15-8)6-9-3-5-11(13)12(14)7-9/h2-5,7,14H,6,13H2,1H3. The first kappa shape index (κ1) is 10.6. The van der Waals surface area contributed by atoms with Gasteiger partial charge in [-0.1, -0.05) is 6.07 Å². The molecule has 0 aliphatic rings. The monoisotopic (exact) mass is 235 g/mol. The number of anilines is 1. The number of benzene rings is 1. The summed E-state index contributed by atoms with van der Waals surface area (Å²) in [5.74, 6) is 0. The highest BCUT2D eigenvalue weighted by atomic mass is 32.1. The summed E-state index contributed by atoms with van der Waals surface area (Å²) in [4.78, 5) is 3.59. The van der Waals surface area contributed by atoms with Crippen LogP contribution in [0.4, 0.5) is 5.69 Å². The van der Waals surface area contributed by atoms with Gasteiger partial charge in [0.05, 0.1) is 0 Å². The molecule has 0 saturated carbocycles. The molecule has 0 spiro atoms. The fourth-order valence-corrected chi connectivity index (χ4v) is 2.65. The molecule has 0 saturated heterocycles. The van der Waals surface area contributed by atoms with Gasteiger partial charge in [0.25, 0.3) is 0 Å². The Balaban J connectivity index is 2.21. The Morgan fingerprint density at radius 1 is 1.27 bits per heavy atom. The van der Waals surface area contributed by atoms with Crippen molar-refractivity contribution < 1.29 is 0 Å². The van der Waals surface area contributed by atoms with Gasteiger partial charge in [-0.15, -0.1) is 24.0 Å². The van der Waals surface area contributed by atoms with Gasteiger partial charge < -0.3 is 5.73 Å². The van der Waals surface area contributed by atoms with Gasteiger partial charge in [-0.05, 0) is 36.8 Å². The number of thiophene rings is 1. The van der Waals surface area contributed by atoms with E-state index in [9.17, 15) is 0 Å². The van der Waals surface area contributed by atoms with Gasteiger partial charge in [0.1, 0.15) is 0 Å². The Hall–Kier alpha value is -0.930. The predicted octanol–water partition coefficient (Wildman–Crippen LogP) is 3.52. The minimum atomic E-state index is 0.740. The Morgan fingerprint density at radius 3 is 2.67 bits per heavy atom. The average molecular weight is 235 g/mol. The zero-order chi connectivity index (χ0) is 10.8. The van der Waals surface area contributed by atoms with Crippen molar-refractivity contribution in [3.63, 3.8) is 0 Å². The first-order valence-corrected chi connectivity index (χ1v) is 6.04. The zero-order valence-corrected chi connectivity index (χ0v) is 10.2. The van der Waals surface area contributed by atoms with E-state index in [2.05, 4.69) is 37.8 Å². The highest BCUT2D eigenvalue weighted by Crippen LogP contribution is 2.23. The molecule has 2 rings (SSSR count). The normalized spacial score (nSPS) is 10.5. The minimum Gasteiger partial charge on any atom is -0.398 e. The van der Waals surface area contributed by atoms with E-state index >= 15 is 0 Å². The lowest BCUT2D eigenvalue weighted by atomic mass is 10.1. The van der Waals surface area contributed by atoms with E-state index in [1.165, 1.54) is 15.3 Å². The van der Waals surface area contributed by atoms with E-state index in [0.29, 0.717) is 0 Å². The SMILES string of the molecule is Cc1ccc(Cc2ccc(N)c(S)c2)s1. The van der Waals surface area contributed by atoms with Crippen LogP contribution in [-0.4, -0.2) is 0 Å². The molecule has 0 amide bonds. The topological polar surface area (TPSA) is 26.0 Å². The van der Waals surface area contributed by atoms with Gasteiger partial charge >= 0.3 is 0 Å². The van der Waals surface area contributed by atoms with Gasteiger partial charge in [0, 0.05) is 26.8 Å². The van der Waals surface area contributed by atoms with Gasteiger partial charge in [-0.3, -0.25) is 0 Å². The van der Waals surface area contributed by atoms with Crippen LogP contribution in [0.3, 0.4) is 0 Å². The van der Waals surface area contributed by atoms with Crippen molar-refractivity contribution in [3.8, 4) is 0 Å². The largest absolute Gasteiger partial charge is 0.398 e. The van der Waals surface area contributed by atoms with E-state index < -0.39 is 0 Å². The molecule has 1 aromatic heterocycles. The summed E-state index contributed by atoms with van der Waals surface area (Å²) in [5, 5.41) is 0. The molecular formula is C12H13NS2. The van der Waals surface area contributed by atoms with Gasteiger partial charge in [0.2, 0.25) is 0 Å². The Morgan fingerprint density at radius 2 is 2.07 bits per heavy atom. The van der Waals surface area contributed by atoms with Crippen LogP contribution in [0.2, 0.25) is 0 Å². The fraction of sp³-hybridized carbons (Fsp3) is 0.167. The van der Waals surface area contributed by atoms with Crippen molar-refractivity contribution in [2.45, 2.75) is 18.2 Å². The van der Waals surface area contributed by atoms with Crippen molar-refractivity contribution in [1.82, 2.24) is 0 Å². The average Bonchev–Trinajstić information content (AvgIpc) is 2.58. The molecule has 15 heavy (non-hydrogen) atoms. The van der Waals surface area contributed by atoms with Crippen LogP contribution >= 0.6 is 24.0 Å². The Labute approximate surface area is 99.4 Å². The first-order valence-electron chi connectivity index (χ1n) is 4.78. The molecule has 0 radical (unpaired) electrons. The van der Waals surface area contributed by atoms with Crippen molar-refractivity contribution in [2.24, 2.45) is 0 Å². The maximum atomic E-state index is 5.71. The number of nitrogens with two attached hydrogens (primary N) is 1. The van der Waals surface area contributed by atoms with E-state index in [0.717, 1.165) is 17.0 Å². The molecule has 0 atom stereocenters. The Kier molecular flexibility index (Phi) is 3.03. The maximum absolute atomic E-state index is 5.71. The number of hydrogen-bond acceptors (Lipinski definition) is 3. The minimum absolute atomic E-state index is 0.740. The van der Waals surface area contributed by atoms with E-state index in [4.69, 9.17) is 5.73 Å². The molecule has 2 aromatic rings. The summed E-state index contributed by atoms with van der Waals surface area (Å²) >= 11 is 6.15. The van der Waals surface area contributed by atoms with Crippen LogP contribution in [0.1, 0.15) is 15.3 Å². The summed E-state index contributed by atoms with van der Waals surface area (Å²) in [6.07, 6.45) is 0.965. The zero-order valence-electron chi connectivity index (χ0n) is 8.53. The van der Waals surface area contributed by atoms with Crippen LogP contribution in [0.5, 0.6) is 0 Å². The van der Waals surface area contributed by atoms with E-state index in [-0.39, 0.29) is 0 Å². The predicted molar refractivity (Wildman–Crippen MR) is 70.0 cm³/mol. The molecule has 1 heterocycles. The lowest BCUT2D eigenvalue weighted by molar-refractivity contribution is 1.21. The number of hydrogen-bond donors (Lipinski definition) is 2. The highest BCUT2D eigenvalue weighted by Gasteiger charge is 2.01. The third-order valence-corrected chi connectivity index (χ3v) is 3.66. The van der Waals surface area contributed by atoms with Crippen LogP contribution in [0, 0.1) is 6.92 Å². The lowest BCUT2D eigenvalue weighted by Gasteiger charge is -2.02. The molecule has 1 nitrogen and oxygen atoms in total. The molecule has 2 N–H and O–H groups in total. The molecule has 0 bridgehead atoms. The summed E-state index contributed by atoms with van der Waals surface area (Å²) in [7, 11) is 0. The van der Waals surface area contributed by atoms with Crippen molar-refractivity contribution in [2.75, 3.05) is 5.73 Å². The first-order chi connectivity index (χ1) is 7.15. The quantitative estimate of drug-likeness (QED) is 0.604. The van der Waals surface area contributed by atoms with Crippen molar-refractivity contribution in [1.29, 1.82) is 0 Å². The third-order valence-electron chi connectivity index (χ3n) is 2.27. The van der Waals surface area contributed by atoms with Crippen LogP contribution in [0.25, 0.3) is 0 Å². The summed E-state index contributed by atoms with van der Waals surface area (Å²) in [5.41, 5.74) is 7.71. The van der Waals surface area contributed by atoms with Crippen LogP contribution in [0.15, 0.2) is 35.2 Å². The lowest BCUT2D eigenvalue weighted by Crippen LogP contribution is -1.90. The highest BCUT2D eigenvalue weighted by molar-refractivity contribution is 7.80.